The van der Waals surface area contributed by atoms with Gasteiger partial charge in [0, 0.05) is 29.6 Å². The molecule has 212 valence electrons. The molecule has 3 N–H and O–H groups in total. The van der Waals surface area contributed by atoms with E-state index in [1.54, 1.807) is 28.8 Å². The van der Waals surface area contributed by atoms with Crippen LogP contribution in [-0.4, -0.2) is 60.9 Å². The summed E-state index contributed by atoms with van der Waals surface area (Å²) >= 11 is 0. The van der Waals surface area contributed by atoms with Gasteiger partial charge in [0.05, 0.1) is 29.0 Å². The Morgan fingerprint density at radius 1 is 1.15 bits per heavy atom. The molecule has 5 heterocycles. The summed E-state index contributed by atoms with van der Waals surface area (Å²) in [6, 6.07) is 6.80. The summed E-state index contributed by atoms with van der Waals surface area (Å²) in [4.78, 5) is 55.5. The van der Waals surface area contributed by atoms with Gasteiger partial charge in [0.15, 0.2) is 5.41 Å². The van der Waals surface area contributed by atoms with E-state index in [1.807, 2.05) is 6.92 Å². The zero-order valence-electron chi connectivity index (χ0n) is 22.2. The average Bonchev–Trinajstić information content (AvgIpc) is 3.32. The number of hydrogen-bond donors (Lipinski definition) is 3. The third-order valence-electron chi connectivity index (χ3n) is 8.42. The first-order chi connectivity index (χ1) is 19.6. The Bertz CT molecular complexity index is 1720. The van der Waals surface area contributed by atoms with Crippen molar-refractivity contribution in [2.45, 2.75) is 45.4 Å². The number of aromatic nitrogens is 2. The summed E-state index contributed by atoms with van der Waals surface area (Å²) in [6.07, 6.45) is -1.63. The number of amides is 1. The summed E-state index contributed by atoms with van der Waals surface area (Å²) < 4.78 is 12.6. The van der Waals surface area contributed by atoms with Gasteiger partial charge in [-0.2, -0.15) is 0 Å². The lowest BCUT2D eigenvalue weighted by molar-refractivity contribution is -0.168. The van der Waals surface area contributed by atoms with Crippen molar-refractivity contribution in [2.75, 3.05) is 13.1 Å². The Morgan fingerprint density at radius 2 is 1.85 bits per heavy atom. The van der Waals surface area contributed by atoms with Crippen LogP contribution in [0.15, 0.2) is 41.4 Å². The number of aliphatic hydroxyl groups excluding tert-OH is 1. The molecule has 1 unspecified atom stereocenters. The molecule has 0 spiro atoms. The van der Waals surface area contributed by atoms with Crippen LogP contribution in [0, 0.1) is 5.41 Å². The lowest BCUT2D eigenvalue weighted by atomic mass is 9.78. The van der Waals surface area contributed by atoms with E-state index < -0.39 is 29.6 Å². The third kappa shape index (κ3) is 3.97. The van der Waals surface area contributed by atoms with Crippen LogP contribution in [-0.2, 0) is 33.9 Å². The van der Waals surface area contributed by atoms with Crippen molar-refractivity contribution in [3.63, 3.8) is 0 Å². The maximum absolute atomic E-state index is 13.3. The molecule has 1 atom stereocenters. The number of carbonyl (C=O) groups is 3. The number of carbonyl (C=O) groups excluding carboxylic acids is 1. The molecular weight excluding hydrogens is 534 g/mol. The number of pyridine rings is 2. The van der Waals surface area contributed by atoms with Crippen LogP contribution in [0.3, 0.4) is 0 Å². The van der Waals surface area contributed by atoms with Gasteiger partial charge in [0.1, 0.15) is 24.2 Å². The van der Waals surface area contributed by atoms with Gasteiger partial charge < -0.3 is 34.3 Å². The Morgan fingerprint density at radius 3 is 2.51 bits per heavy atom. The normalized spacial score (nSPS) is 18.7. The summed E-state index contributed by atoms with van der Waals surface area (Å²) in [6.45, 7) is 5.91. The number of ether oxygens (including phenoxy) is 2. The van der Waals surface area contributed by atoms with Crippen LogP contribution in [0.2, 0.25) is 0 Å². The molecule has 1 aromatic carbocycles. The monoisotopic (exact) mass is 561 g/mol. The number of rotatable bonds is 4. The highest BCUT2D eigenvalue weighted by Gasteiger charge is 2.49. The van der Waals surface area contributed by atoms with E-state index in [2.05, 4.69) is 6.58 Å². The minimum Gasteiger partial charge on any atom is -0.491 e. The average molecular weight is 562 g/mol. The molecule has 2 aromatic heterocycles. The molecule has 41 heavy (non-hydrogen) atoms. The predicted molar refractivity (Wildman–Crippen MR) is 143 cm³/mol. The molecule has 1 saturated heterocycles. The number of hydrogen-bond acceptors (Lipinski definition) is 8. The molecular formula is C29H27N3O9. The van der Waals surface area contributed by atoms with Crippen molar-refractivity contribution < 1.29 is 39.2 Å². The molecule has 0 aliphatic carbocycles. The van der Waals surface area contributed by atoms with Crippen molar-refractivity contribution in [3.8, 4) is 17.1 Å². The summed E-state index contributed by atoms with van der Waals surface area (Å²) in [5, 5.41) is 30.2. The summed E-state index contributed by atoms with van der Waals surface area (Å²) in [7, 11) is 0. The zero-order chi connectivity index (χ0) is 29.2. The fourth-order valence-corrected chi connectivity index (χ4v) is 5.98. The second-order valence-corrected chi connectivity index (χ2v) is 10.5. The highest BCUT2D eigenvalue weighted by Crippen LogP contribution is 2.40. The van der Waals surface area contributed by atoms with E-state index in [1.165, 1.54) is 4.90 Å². The third-order valence-corrected chi connectivity index (χ3v) is 8.42. The molecule has 12 heteroatoms. The second kappa shape index (κ2) is 9.44. The van der Waals surface area contributed by atoms with Gasteiger partial charge in [0.2, 0.25) is 0 Å². The maximum Gasteiger partial charge on any atom is 0.415 e. The zero-order valence-corrected chi connectivity index (χ0v) is 22.2. The lowest BCUT2D eigenvalue weighted by Gasteiger charge is -2.35. The number of carboxylic acids is 2. The first-order valence-corrected chi connectivity index (χ1v) is 13.2. The van der Waals surface area contributed by atoms with E-state index in [0.717, 1.165) is 16.5 Å². The van der Waals surface area contributed by atoms with Gasteiger partial charge >= 0.3 is 18.0 Å². The Kier molecular flexibility index (Phi) is 6.11. The molecule has 0 saturated carbocycles. The first kappa shape index (κ1) is 26.5. The van der Waals surface area contributed by atoms with E-state index >= 15 is 0 Å². The van der Waals surface area contributed by atoms with E-state index in [0.29, 0.717) is 41.0 Å². The Hall–Kier alpha value is -4.71. The number of fused-ring (bicyclic) bond motifs is 5. The minimum atomic E-state index is -1.92. The van der Waals surface area contributed by atoms with Crippen molar-refractivity contribution >= 4 is 28.9 Å². The van der Waals surface area contributed by atoms with Crippen molar-refractivity contribution in [2.24, 2.45) is 5.41 Å². The van der Waals surface area contributed by atoms with E-state index in [4.69, 9.17) is 14.5 Å². The Labute approximate surface area is 233 Å². The highest BCUT2D eigenvalue weighted by atomic mass is 16.6. The lowest BCUT2D eigenvalue weighted by Crippen LogP contribution is -2.51. The molecule has 0 bridgehead atoms. The van der Waals surface area contributed by atoms with Crippen LogP contribution < -0.4 is 10.3 Å². The number of aliphatic hydroxyl groups is 1. The number of nitrogens with zero attached hydrogens (tertiary/aromatic N) is 3. The van der Waals surface area contributed by atoms with Crippen LogP contribution in [0.4, 0.5) is 4.79 Å². The van der Waals surface area contributed by atoms with Crippen molar-refractivity contribution in [1.29, 1.82) is 0 Å². The number of piperidine rings is 1. The smallest absolute Gasteiger partial charge is 0.415 e. The molecule has 1 amide bonds. The molecule has 12 nitrogen and oxygen atoms in total. The summed E-state index contributed by atoms with van der Waals surface area (Å²) in [5.41, 5.74) is 2.39. The van der Waals surface area contributed by atoms with Crippen molar-refractivity contribution in [3.05, 3.63) is 69.2 Å². The SMILES string of the molecule is C=C1OCc2c(cc3n(c2=O)Cc2c-3nc3ccc(OC(=O)N4CCC(C(=O)O)(C(=O)O)CC4)cc3c2CC)C1O. The number of aryl methyl sites for hydroxylation is 1. The van der Waals surface area contributed by atoms with Crippen LogP contribution in [0.1, 0.15) is 48.1 Å². The minimum absolute atomic E-state index is 0.0378. The fraction of sp³-hybridized carbons (Fsp3) is 0.345. The first-order valence-electron chi connectivity index (χ1n) is 13.2. The standard InChI is InChI=1S/C29H27N3O9/c1-3-16-17-10-15(41-28(39)31-8-6-29(7-9-31,26(35)36)27(37)38)4-5-21(17)30-23-19(16)12-32-22(23)11-18-20(25(32)34)13-40-14(2)24(18)33/h4-5,10-11,24,33H,2-3,6-9,12-13H2,1H3,(H,35,36)(H,37,38). The Balaban J connectivity index is 1.31. The number of benzene rings is 1. The number of aliphatic carboxylic acids is 2. The van der Waals surface area contributed by atoms with Crippen molar-refractivity contribution in [1.82, 2.24) is 14.5 Å². The molecule has 6 rings (SSSR count). The molecule has 3 aliphatic rings. The van der Waals surface area contributed by atoms with Crippen LogP contribution in [0.5, 0.6) is 5.75 Å². The van der Waals surface area contributed by atoms with Crippen LogP contribution >= 0.6 is 0 Å². The fourth-order valence-electron chi connectivity index (χ4n) is 5.98. The molecule has 3 aromatic rings. The van der Waals surface area contributed by atoms with Gasteiger partial charge in [-0.15, -0.1) is 0 Å². The number of carboxylic acid groups (broad SMARTS) is 2. The van der Waals surface area contributed by atoms with Gasteiger partial charge in [-0.25, -0.2) is 9.78 Å². The highest BCUT2D eigenvalue weighted by molar-refractivity contribution is 5.98. The number of likely N-dealkylation sites (tertiary alicyclic amines) is 1. The maximum atomic E-state index is 13.3. The quantitative estimate of drug-likeness (QED) is 0.315. The molecule has 1 fully saturated rings. The van der Waals surface area contributed by atoms with Gasteiger partial charge in [0.25, 0.3) is 5.56 Å². The van der Waals surface area contributed by atoms with Gasteiger partial charge in [-0.1, -0.05) is 13.5 Å². The van der Waals surface area contributed by atoms with E-state index in [-0.39, 0.29) is 49.6 Å². The largest absolute Gasteiger partial charge is 0.491 e. The predicted octanol–water partition coefficient (Wildman–Crippen LogP) is 2.82. The molecule has 3 aliphatic heterocycles. The second-order valence-electron chi connectivity index (χ2n) is 10.5. The van der Waals surface area contributed by atoms with Gasteiger partial charge in [-0.05, 0) is 49.1 Å². The van der Waals surface area contributed by atoms with Crippen LogP contribution in [0.25, 0.3) is 22.3 Å². The van der Waals surface area contributed by atoms with Gasteiger partial charge in [-0.3, -0.25) is 14.4 Å². The topological polar surface area (TPSA) is 168 Å². The molecule has 0 radical (unpaired) electrons. The van der Waals surface area contributed by atoms with E-state index in [9.17, 15) is 34.5 Å². The summed E-state index contributed by atoms with van der Waals surface area (Å²) in [5.74, 6) is -2.39.